The van der Waals surface area contributed by atoms with Crippen molar-refractivity contribution in [2.24, 2.45) is 35.5 Å². The summed E-state index contributed by atoms with van der Waals surface area (Å²) < 4.78 is 9.42. The van der Waals surface area contributed by atoms with Gasteiger partial charge in [-0.15, -0.1) is 0 Å². The Morgan fingerprint density at radius 2 is 0.561 bits per heavy atom. The highest BCUT2D eigenvalue weighted by atomic mass is 16.5. The number of likely N-dealkylation sites (tertiary alicyclic amines) is 6. The lowest BCUT2D eigenvalue weighted by Crippen LogP contribution is -2.41. The molecule has 24 heteroatoms. The number of methoxy groups -OCH3 is 2. The van der Waals surface area contributed by atoms with Crippen LogP contribution in [-0.4, -0.2) is 219 Å². The molecule has 4 N–H and O–H groups in total. The summed E-state index contributed by atoms with van der Waals surface area (Å²) in [6.07, 6.45) is 0.0932. The number of esters is 2. The smallest absolute Gasteiger partial charge is 0.310 e. The highest BCUT2D eigenvalue weighted by Crippen LogP contribution is 2.24. The summed E-state index contributed by atoms with van der Waals surface area (Å²) in [5.41, 5.74) is 0. The number of hydrogen-bond acceptors (Lipinski definition) is 14. The van der Waals surface area contributed by atoms with Gasteiger partial charge in [-0.2, -0.15) is 0 Å². The second-order valence-corrected chi connectivity index (χ2v) is 17.7. The Morgan fingerprint density at radius 3 is 0.788 bits per heavy atom. The molecule has 0 bridgehead atoms. The van der Waals surface area contributed by atoms with E-state index in [-0.39, 0.29) is 202 Å². The van der Waals surface area contributed by atoms with E-state index >= 15 is 0 Å². The van der Waals surface area contributed by atoms with E-state index in [0.29, 0.717) is 0 Å². The molecule has 6 atom stereocenters. The van der Waals surface area contributed by atoms with Crippen LogP contribution in [0, 0.1) is 35.5 Å². The zero-order valence-electron chi connectivity index (χ0n) is 37.4. The Labute approximate surface area is 381 Å². The summed E-state index contributed by atoms with van der Waals surface area (Å²) in [5, 5.41) is 11.1. The maximum Gasteiger partial charge on any atom is 0.310 e. The molecule has 6 heterocycles. The van der Waals surface area contributed by atoms with Crippen molar-refractivity contribution in [2.75, 3.05) is 119 Å². The molecule has 0 aromatic rings. The Morgan fingerprint density at radius 1 is 0.364 bits per heavy atom. The number of nitrogens with one attached hydrogen (secondary N) is 4. The van der Waals surface area contributed by atoms with Crippen LogP contribution >= 0.6 is 0 Å². The van der Waals surface area contributed by atoms with Crippen molar-refractivity contribution in [1.82, 2.24) is 50.7 Å². The van der Waals surface area contributed by atoms with Gasteiger partial charge in [-0.05, 0) is 0 Å². The molecule has 362 valence electrons. The molecule has 10 amide bonds. The van der Waals surface area contributed by atoms with E-state index < -0.39 is 47.4 Å². The lowest BCUT2D eigenvalue weighted by molar-refractivity contribution is -0.145. The molecule has 0 aromatic heterocycles. The molecular weight excluding hydrogens is 869 g/mol. The van der Waals surface area contributed by atoms with Gasteiger partial charge in [-0.3, -0.25) is 57.5 Å². The van der Waals surface area contributed by atoms with E-state index in [1.54, 1.807) is 0 Å². The molecule has 6 saturated heterocycles. The molecule has 6 rings (SSSR count). The quantitative estimate of drug-likeness (QED) is 0.0784. The first-order valence-corrected chi connectivity index (χ1v) is 22.5. The summed E-state index contributed by atoms with van der Waals surface area (Å²) >= 11 is 0. The van der Waals surface area contributed by atoms with Gasteiger partial charge in [0, 0.05) is 143 Å². The van der Waals surface area contributed by atoms with Crippen LogP contribution < -0.4 is 21.3 Å². The number of ether oxygens (including phenoxy) is 2. The molecule has 6 aliphatic rings. The van der Waals surface area contributed by atoms with Gasteiger partial charge in [0.05, 0.1) is 49.7 Å². The third-order valence-corrected chi connectivity index (χ3v) is 13.2. The molecule has 6 aliphatic heterocycles. The Hall–Kier alpha value is -6.36. The van der Waals surface area contributed by atoms with Crippen LogP contribution in [0.2, 0.25) is 0 Å². The minimum atomic E-state index is -0.633. The lowest BCUT2D eigenvalue weighted by Gasteiger charge is -2.22. The van der Waals surface area contributed by atoms with Crippen molar-refractivity contribution < 1.29 is 67.0 Å². The molecule has 0 saturated carbocycles. The van der Waals surface area contributed by atoms with Crippen molar-refractivity contribution in [3.05, 3.63) is 0 Å². The number of carbonyl (C=O) groups is 12. The van der Waals surface area contributed by atoms with Crippen molar-refractivity contribution in [2.45, 2.75) is 38.5 Å². The molecular formula is C42H60N10O14. The van der Waals surface area contributed by atoms with Gasteiger partial charge in [0.25, 0.3) is 0 Å². The third kappa shape index (κ3) is 12.3. The first-order valence-electron chi connectivity index (χ1n) is 22.5. The predicted molar refractivity (Wildman–Crippen MR) is 224 cm³/mol. The molecule has 6 unspecified atom stereocenters. The van der Waals surface area contributed by atoms with Crippen LogP contribution in [0.1, 0.15) is 38.5 Å². The maximum absolute atomic E-state index is 13.0. The van der Waals surface area contributed by atoms with Crippen LogP contribution in [0.5, 0.6) is 0 Å². The summed E-state index contributed by atoms with van der Waals surface area (Å²) in [4.78, 5) is 159. The van der Waals surface area contributed by atoms with Crippen molar-refractivity contribution in [3.63, 3.8) is 0 Å². The molecule has 0 aromatic carbocycles. The maximum atomic E-state index is 13.0. The van der Waals surface area contributed by atoms with E-state index in [9.17, 15) is 57.5 Å². The summed E-state index contributed by atoms with van der Waals surface area (Å²) in [6.45, 7) is 2.77. The second-order valence-electron chi connectivity index (χ2n) is 17.7. The first-order chi connectivity index (χ1) is 31.5. The van der Waals surface area contributed by atoms with Crippen LogP contribution in [0.25, 0.3) is 0 Å². The SMILES string of the molecule is COC(=O)C1CC(=O)N(CCNC(=O)C2CC(=O)N(CCNC(=O)C3CC(=O)N(CCN4CC(C(=O)NCCN5CC(C(=O)NCCN6CC(C(=O)OC)CC6=O)CC5=O)CC4=O)C3)C2)C1. The average Bonchev–Trinajstić information content (AvgIpc) is 4.16. The second kappa shape index (κ2) is 22.2. The monoisotopic (exact) mass is 928 g/mol. The largest absolute Gasteiger partial charge is 0.469 e. The number of amides is 10. The molecule has 0 aliphatic carbocycles. The Kier molecular flexibility index (Phi) is 16.5. The number of nitrogens with zero attached hydrogens (tertiary/aromatic N) is 6. The van der Waals surface area contributed by atoms with E-state index in [1.165, 1.54) is 43.6 Å². The van der Waals surface area contributed by atoms with E-state index in [1.807, 2.05) is 0 Å². The molecule has 6 fully saturated rings. The van der Waals surface area contributed by atoms with E-state index in [2.05, 4.69) is 21.3 Å². The fourth-order valence-electron chi connectivity index (χ4n) is 9.36. The topological polar surface area (TPSA) is 291 Å². The van der Waals surface area contributed by atoms with Gasteiger partial charge in [-0.25, -0.2) is 0 Å². The number of rotatable bonds is 21. The molecule has 66 heavy (non-hydrogen) atoms. The zero-order valence-corrected chi connectivity index (χ0v) is 37.4. The standard InChI is InChI=1S/C42H60N10O14/c1-65-41(63)29-17-35(57)49(23-29)9-5-45-37(59)25-13-31(53)47(19-25)7-3-43-39(61)27-15-33(55)51(21-27)11-12-52-22-28(16-34(52)56)40(62)44-4-8-48-20-26(14-32(48)54)38(60)46-6-10-50-24-30(18-36(50)58)42(64)66-2/h25-30H,3-24H2,1-2H3,(H,43,61)(H,44,62)(H,45,59)(H,46,60). The van der Waals surface area contributed by atoms with Gasteiger partial charge < -0.3 is 60.1 Å². The average molecular weight is 929 g/mol. The van der Waals surface area contributed by atoms with E-state index in [0.717, 1.165) is 0 Å². The lowest BCUT2D eigenvalue weighted by atomic mass is 10.1. The third-order valence-electron chi connectivity index (χ3n) is 13.2. The van der Waals surface area contributed by atoms with Crippen molar-refractivity contribution in [3.8, 4) is 0 Å². The van der Waals surface area contributed by atoms with Gasteiger partial charge >= 0.3 is 11.9 Å². The van der Waals surface area contributed by atoms with Crippen LogP contribution in [-0.2, 0) is 67.0 Å². The summed E-state index contributed by atoms with van der Waals surface area (Å²) in [6, 6.07) is 0. The van der Waals surface area contributed by atoms with Crippen LogP contribution in [0.4, 0.5) is 0 Å². The fraction of sp³-hybridized carbons (Fsp3) is 0.714. The van der Waals surface area contributed by atoms with Gasteiger partial charge in [0.2, 0.25) is 59.1 Å². The molecule has 0 spiro atoms. The minimum Gasteiger partial charge on any atom is -0.469 e. The van der Waals surface area contributed by atoms with Gasteiger partial charge in [0.15, 0.2) is 0 Å². The summed E-state index contributed by atoms with van der Waals surface area (Å²) in [7, 11) is 2.53. The highest BCUT2D eigenvalue weighted by Gasteiger charge is 2.40. The van der Waals surface area contributed by atoms with Gasteiger partial charge in [-0.1, -0.05) is 0 Å². The molecule has 24 nitrogen and oxygen atoms in total. The van der Waals surface area contributed by atoms with Crippen molar-refractivity contribution >= 4 is 71.0 Å². The summed E-state index contributed by atoms with van der Waals surface area (Å²) in [5.74, 6) is -7.17. The van der Waals surface area contributed by atoms with E-state index in [4.69, 9.17) is 9.47 Å². The first kappa shape index (κ1) is 49.1. The Balaban J connectivity index is 0.814. The molecule has 0 radical (unpaired) electrons. The fourth-order valence-corrected chi connectivity index (χ4v) is 9.36. The number of hydrogen-bond donors (Lipinski definition) is 4. The Bertz CT molecular complexity index is 1830. The number of carbonyl (C=O) groups excluding carboxylic acids is 12. The van der Waals surface area contributed by atoms with Crippen LogP contribution in [0.15, 0.2) is 0 Å². The van der Waals surface area contributed by atoms with Crippen LogP contribution in [0.3, 0.4) is 0 Å². The normalized spacial score (nSPS) is 25.4. The van der Waals surface area contributed by atoms with Crippen molar-refractivity contribution in [1.29, 1.82) is 0 Å². The minimum absolute atomic E-state index is 0.00554. The van der Waals surface area contributed by atoms with Gasteiger partial charge in [0.1, 0.15) is 0 Å². The zero-order chi connectivity index (χ0) is 47.7. The highest BCUT2D eigenvalue weighted by molar-refractivity contribution is 5.92. The predicted octanol–water partition coefficient (Wildman–Crippen LogP) is -5.11.